The van der Waals surface area contributed by atoms with Gasteiger partial charge in [0.05, 0.1) is 16.4 Å². The van der Waals surface area contributed by atoms with Crippen LogP contribution in [0.3, 0.4) is 0 Å². The zero-order chi connectivity index (χ0) is 46.1. The van der Waals surface area contributed by atoms with E-state index in [0.29, 0.717) is 0 Å². The number of fused-ring (bicyclic) bond motifs is 20. The first-order valence-electron chi connectivity index (χ1n) is 24.7. The Balaban J connectivity index is 1.20. The summed E-state index contributed by atoms with van der Waals surface area (Å²) < 4.78 is 16.8. The molecule has 0 fully saturated rings. The zero-order valence-electron chi connectivity index (χ0n) is 40.4. The van der Waals surface area contributed by atoms with Crippen LogP contribution in [0.2, 0.25) is 0 Å². The lowest BCUT2D eigenvalue weighted by atomic mass is 9.43. The largest absolute Gasteiger partial charge is 0.456 e. The fourth-order valence-corrected chi connectivity index (χ4v) is 13.6. The molecule has 5 heteroatoms. The lowest BCUT2D eigenvalue weighted by Gasteiger charge is -2.43. The number of anilines is 2. The van der Waals surface area contributed by atoms with E-state index in [9.17, 15) is 0 Å². The Hall–Kier alpha value is -6.98. The lowest BCUT2D eigenvalue weighted by molar-refractivity contribution is 0.332. The van der Waals surface area contributed by atoms with Crippen molar-refractivity contribution in [1.29, 1.82) is 0 Å². The van der Waals surface area contributed by atoms with Gasteiger partial charge in [-0.05, 0) is 139 Å². The Bertz CT molecular complexity index is 4110. The maximum Gasteiger partial charge on any atom is 0.333 e. The van der Waals surface area contributed by atoms with Gasteiger partial charge < -0.3 is 18.2 Å². The molecular formula is C63H53BN2O2. The molecule has 68 heavy (non-hydrogen) atoms. The average molecular weight is 881 g/mol. The molecule has 0 saturated carbocycles. The molecular weight excluding hydrogens is 828 g/mol. The summed E-state index contributed by atoms with van der Waals surface area (Å²) in [4.78, 5) is 2.69. The standard InChI is InChI=1S/C63H53BN2O2/c1-60(2,3)34-22-24-35(25-23-34)66-49-30-40-37-17-11-14-20-51(37)67-53(40)31-42(49)54-55-38-18-12-15-21-52(38)68-59(55)56-41-28-45-46(62(6,7)27-26-61(45,4)5)33-48(41)65-50-29-39-36-16-10-13-19-43(36)63(8,9)44(39)32-47(50)64(66)57(54)58(56)65/h10-25,28-33H,26-27H2,1-9H3. The highest BCUT2D eigenvalue weighted by Crippen LogP contribution is 2.56. The molecule has 4 aliphatic rings. The normalized spacial score (nSPS) is 17.1. The number of hydrogen-bond donors (Lipinski definition) is 0. The Morgan fingerprint density at radius 3 is 1.96 bits per heavy atom. The van der Waals surface area contributed by atoms with Crippen molar-refractivity contribution < 1.29 is 8.83 Å². The quantitative estimate of drug-likeness (QED) is 0.154. The summed E-state index contributed by atoms with van der Waals surface area (Å²) in [7, 11) is 0. The molecule has 5 heterocycles. The second-order valence-electron chi connectivity index (χ2n) is 23.5. The maximum atomic E-state index is 7.34. The van der Waals surface area contributed by atoms with Crippen molar-refractivity contribution in [2.75, 3.05) is 4.81 Å². The highest BCUT2D eigenvalue weighted by Gasteiger charge is 2.49. The van der Waals surface area contributed by atoms with Gasteiger partial charge in [-0.3, -0.25) is 0 Å². The molecule has 2 aliphatic heterocycles. The lowest BCUT2D eigenvalue weighted by Crippen LogP contribution is -2.60. The van der Waals surface area contributed by atoms with Crippen molar-refractivity contribution in [2.45, 2.75) is 96.8 Å². The smallest absolute Gasteiger partial charge is 0.333 e. The molecule has 0 N–H and O–H groups in total. The SMILES string of the molecule is CC(C)(C)c1ccc(N2B3c4cc5c(cc4-n4c6cc7c(cc6c6c8oc9ccccc9c8c(c3c64)-c3cc4oc6ccccc6c4cc32)C(C)(C)CCC7(C)C)-c2ccccc2C5(C)C)cc1. The predicted octanol–water partition coefficient (Wildman–Crippen LogP) is 15.8. The molecule has 0 amide bonds. The van der Waals surface area contributed by atoms with E-state index in [1.54, 1.807) is 0 Å². The first-order valence-corrected chi connectivity index (χ1v) is 24.7. The summed E-state index contributed by atoms with van der Waals surface area (Å²) >= 11 is 0. The van der Waals surface area contributed by atoms with Gasteiger partial charge >= 0.3 is 6.85 Å². The minimum absolute atomic E-state index is 0.00866. The van der Waals surface area contributed by atoms with E-state index in [1.807, 2.05) is 0 Å². The number of nitrogens with zero attached hydrogens (tertiary/aromatic N) is 2. The van der Waals surface area contributed by atoms with Crippen molar-refractivity contribution in [3.05, 3.63) is 161 Å². The van der Waals surface area contributed by atoms with Crippen molar-refractivity contribution in [1.82, 2.24) is 4.57 Å². The monoisotopic (exact) mass is 880 g/mol. The number of para-hydroxylation sites is 2. The topological polar surface area (TPSA) is 34.5 Å². The van der Waals surface area contributed by atoms with E-state index in [2.05, 4.69) is 205 Å². The molecule has 330 valence electrons. The molecule has 0 atom stereocenters. The highest BCUT2D eigenvalue weighted by atomic mass is 16.3. The van der Waals surface area contributed by atoms with E-state index in [4.69, 9.17) is 8.83 Å². The molecule has 0 bridgehead atoms. The summed E-state index contributed by atoms with van der Waals surface area (Å²) in [6.45, 7) is 21.4. The van der Waals surface area contributed by atoms with Crippen LogP contribution in [0.15, 0.2) is 142 Å². The molecule has 8 aromatic carbocycles. The van der Waals surface area contributed by atoms with Gasteiger partial charge in [0.2, 0.25) is 0 Å². The fraction of sp³-hybridized carbons (Fsp3) is 0.238. The number of hydrogen-bond acceptors (Lipinski definition) is 3. The van der Waals surface area contributed by atoms with Crippen LogP contribution >= 0.6 is 0 Å². The van der Waals surface area contributed by atoms with Crippen molar-refractivity contribution in [3.63, 3.8) is 0 Å². The number of aromatic nitrogens is 1. The maximum absolute atomic E-state index is 7.34. The predicted molar refractivity (Wildman–Crippen MR) is 286 cm³/mol. The third kappa shape index (κ3) is 4.73. The zero-order valence-corrected chi connectivity index (χ0v) is 40.4. The van der Waals surface area contributed by atoms with Crippen LogP contribution < -0.4 is 15.7 Å². The summed E-state index contributed by atoms with van der Waals surface area (Å²) in [5.74, 6) is 0. The van der Waals surface area contributed by atoms with Gasteiger partial charge in [0, 0.05) is 55.0 Å². The summed E-state index contributed by atoms with van der Waals surface area (Å²) in [5, 5.41) is 7.06. The van der Waals surface area contributed by atoms with Gasteiger partial charge in [0.1, 0.15) is 22.3 Å². The first kappa shape index (κ1) is 39.1. The Morgan fingerprint density at radius 2 is 1.21 bits per heavy atom. The Kier molecular flexibility index (Phi) is 7.11. The van der Waals surface area contributed by atoms with Crippen LogP contribution in [0.5, 0.6) is 0 Å². The second kappa shape index (κ2) is 12.4. The highest BCUT2D eigenvalue weighted by molar-refractivity contribution is 6.94. The molecule has 11 aromatic rings. The molecule has 15 rings (SSSR count). The molecule has 0 unspecified atom stereocenters. The summed E-state index contributed by atoms with van der Waals surface area (Å²) in [6.07, 6.45) is 2.30. The molecule has 0 spiro atoms. The number of benzene rings is 8. The van der Waals surface area contributed by atoms with Gasteiger partial charge in [0.25, 0.3) is 0 Å². The van der Waals surface area contributed by atoms with Gasteiger partial charge in [-0.1, -0.05) is 141 Å². The molecule has 2 aliphatic carbocycles. The van der Waals surface area contributed by atoms with Crippen LogP contribution in [0.25, 0.3) is 93.6 Å². The van der Waals surface area contributed by atoms with Crippen molar-refractivity contribution in [3.8, 4) is 27.9 Å². The van der Waals surface area contributed by atoms with E-state index in [1.165, 1.54) is 99.7 Å². The van der Waals surface area contributed by atoms with Crippen LogP contribution in [0, 0.1) is 0 Å². The van der Waals surface area contributed by atoms with Gasteiger partial charge in [-0.2, -0.15) is 0 Å². The van der Waals surface area contributed by atoms with Gasteiger partial charge in [0.15, 0.2) is 0 Å². The van der Waals surface area contributed by atoms with Crippen LogP contribution in [-0.4, -0.2) is 11.4 Å². The molecule has 0 saturated heterocycles. The third-order valence-electron chi connectivity index (χ3n) is 17.4. The van der Waals surface area contributed by atoms with E-state index >= 15 is 0 Å². The van der Waals surface area contributed by atoms with E-state index < -0.39 is 0 Å². The third-order valence-corrected chi connectivity index (χ3v) is 17.4. The molecule has 4 nitrogen and oxygen atoms in total. The number of rotatable bonds is 1. The van der Waals surface area contributed by atoms with E-state index in [-0.39, 0.29) is 28.5 Å². The van der Waals surface area contributed by atoms with Crippen LogP contribution in [0.1, 0.15) is 103 Å². The van der Waals surface area contributed by atoms with Gasteiger partial charge in [-0.15, -0.1) is 0 Å². The Labute approximate surface area is 397 Å². The van der Waals surface area contributed by atoms with Gasteiger partial charge in [-0.25, -0.2) is 0 Å². The summed E-state index contributed by atoms with van der Waals surface area (Å²) in [5.41, 5.74) is 24.4. The van der Waals surface area contributed by atoms with Crippen LogP contribution in [0.4, 0.5) is 11.4 Å². The van der Waals surface area contributed by atoms with E-state index in [0.717, 1.165) is 56.9 Å². The van der Waals surface area contributed by atoms with Crippen molar-refractivity contribution >= 4 is 94.8 Å². The fourth-order valence-electron chi connectivity index (χ4n) is 13.6. The minimum Gasteiger partial charge on any atom is -0.456 e. The molecule has 3 aromatic heterocycles. The number of furan rings is 2. The average Bonchev–Trinajstić information content (AvgIpc) is 4.05. The minimum atomic E-state index is -0.189. The van der Waals surface area contributed by atoms with Crippen molar-refractivity contribution in [2.24, 2.45) is 0 Å². The first-order chi connectivity index (χ1) is 32.6. The Morgan fingerprint density at radius 1 is 0.529 bits per heavy atom. The second-order valence-corrected chi connectivity index (χ2v) is 23.5. The molecule has 0 radical (unpaired) electrons. The van der Waals surface area contributed by atoms with Crippen LogP contribution in [-0.2, 0) is 21.7 Å². The summed E-state index contributed by atoms with van der Waals surface area (Å²) in [6, 6.07) is 51.0.